The molecule has 1 aliphatic heterocycles. The quantitative estimate of drug-likeness (QED) is 0.727. The molecule has 1 aromatic carbocycles. The molecule has 0 radical (unpaired) electrons. The molecule has 1 aromatic heterocycles. The third kappa shape index (κ3) is 1.84. The van der Waals surface area contributed by atoms with Gasteiger partial charge in [-0.1, -0.05) is 43.1 Å². The van der Waals surface area contributed by atoms with Crippen molar-refractivity contribution in [3.05, 3.63) is 41.0 Å². The number of hydrogen-bond acceptors (Lipinski definition) is 2. The number of nitrogens with zero attached hydrogens (tertiary/aromatic N) is 3. The fourth-order valence-corrected chi connectivity index (χ4v) is 6.42. The fourth-order valence-electron chi connectivity index (χ4n) is 6.42. The van der Waals surface area contributed by atoms with Crippen LogP contribution in [0.3, 0.4) is 0 Å². The van der Waals surface area contributed by atoms with Gasteiger partial charge in [0.1, 0.15) is 18.3 Å². The summed E-state index contributed by atoms with van der Waals surface area (Å²) in [6.07, 6.45) is 5.13. The molecule has 0 saturated heterocycles. The third-order valence-electron chi connectivity index (χ3n) is 8.06. The zero-order valence-electron chi connectivity index (χ0n) is 16.8. The zero-order valence-corrected chi connectivity index (χ0v) is 16.8. The van der Waals surface area contributed by atoms with Gasteiger partial charge in [0.15, 0.2) is 0 Å². The zero-order chi connectivity index (χ0) is 18.4. The Labute approximate surface area is 156 Å². The number of hydrogen-bond donors (Lipinski definition) is 0. The highest BCUT2D eigenvalue weighted by molar-refractivity contribution is 5.48. The standard InChI is InChI=1S/C22H30N3O/c1-13-9-14(2)18(15(3)10-13)25-12-24-17(23-25)11-26-20-19(24)16-7-8-22(20,6)21(16,4)5/h9-10,12,16,19-20H,7-8,11H2,1-6H3/q+1/t16-,19+,20+,22+/m1/s1. The van der Waals surface area contributed by atoms with Crippen molar-refractivity contribution in [2.75, 3.05) is 0 Å². The van der Waals surface area contributed by atoms with Gasteiger partial charge in [0.25, 0.3) is 0 Å². The van der Waals surface area contributed by atoms with Crippen LogP contribution in [0, 0.1) is 37.5 Å². The molecule has 2 saturated carbocycles. The lowest BCUT2D eigenvalue weighted by molar-refractivity contribution is -0.756. The maximum atomic E-state index is 6.43. The molecule has 138 valence electrons. The van der Waals surface area contributed by atoms with Gasteiger partial charge in [-0.25, -0.2) is 4.57 Å². The van der Waals surface area contributed by atoms with Gasteiger partial charge in [-0.3, -0.25) is 0 Å². The largest absolute Gasteiger partial charge is 0.363 e. The molecule has 0 amide bonds. The van der Waals surface area contributed by atoms with Crippen LogP contribution in [0.2, 0.25) is 0 Å². The van der Waals surface area contributed by atoms with Gasteiger partial charge in [0.05, 0.1) is 6.10 Å². The molecule has 3 aliphatic rings. The molecular weight excluding hydrogens is 322 g/mol. The van der Waals surface area contributed by atoms with E-state index in [0.717, 1.165) is 5.82 Å². The summed E-state index contributed by atoms with van der Waals surface area (Å²) in [6, 6.07) is 4.91. The van der Waals surface area contributed by atoms with Crippen molar-refractivity contribution in [3.8, 4) is 5.69 Å². The second-order valence-electron chi connectivity index (χ2n) is 9.64. The molecule has 2 aliphatic carbocycles. The first-order valence-corrected chi connectivity index (χ1v) is 9.93. The Kier molecular flexibility index (Phi) is 3.16. The van der Waals surface area contributed by atoms with Crippen molar-refractivity contribution in [1.82, 2.24) is 9.78 Å². The average molecular weight is 353 g/mol. The van der Waals surface area contributed by atoms with Crippen LogP contribution < -0.4 is 4.57 Å². The van der Waals surface area contributed by atoms with Crippen molar-refractivity contribution in [2.24, 2.45) is 16.7 Å². The molecular formula is C22H30N3O+. The molecule has 2 heterocycles. The molecule has 2 fully saturated rings. The van der Waals surface area contributed by atoms with Gasteiger partial charge in [0, 0.05) is 16.4 Å². The van der Waals surface area contributed by atoms with Crippen LogP contribution in [-0.2, 0) is 11.3 Å². The smallest absolute Gasteiger partial charge is 0.304 e. The van der Waals surface area contributed by atoms with E-state index in [4.69, 9.17) is 9.84 Å². The maximum Gasteiger partial charge on any atom is 0.304 e. The van der Waals surface area contributed by atoms with Crippen LogP contribution in [-0.4, -0.2) is 15.9 Å². The summed E-state index contributed by atoms with van der Waals surface area (Å²) in [5.41, 5.74) is 5.66. The molecule has 4 nitrogen and oxygen atoms in total. The van der Waals surface area contributed by atoms with Crippen LogP contribution in [0.15, 0.2) is 18.5 Å². The van der Waals surface area contributed by atoms with Gasteiger partial charge in [-0.05, 0) is 50.2 Å². The maximum absolute atomic E-state index is 6.43. The second-order valence-corrected chi connectivity index (χ2v) is 9.64. The molecule has 4 heteroatoms. The van der Waals surface area contributed by atoms with E-state index in [1.807, 2.05) is 0 Å². The first-order chi connectivity index (χ1) is 12.2. The van der Waals surface area contributed by atoms with Gasteiger partial charge in [-0.15, -0.1) is 0 Å². The molecule has 26 heavy (non-hydrogen) atoms. The molecule has 5 rings (SSSR count). The van der Waals surface area contributed by atoms with Crippen molar-refractivity contribution >= 4 is 0 Å². The van der Waals surface area contributed by atoms with Gasteiger partial charge < -0.3 is 4.74 Å². The predicted octanol–water partition coefficient (Wildman–Crippen LogP) is 3.98. The Morgan fingerprint density at radius 3 is 2.54 bits per heavy atom. The summed E-state index contributed by atoms with van der Waals surface area (Å²) in [6.45, 7) is 14.5. The van der Waals surface area contributed by atoms with E-state index < -0.39 is 0 Å². The monoisotopic (exact) mass is 352 g/mol. The molecule has 0 N–H and O–H groups in total. The lowest BCUT2D eigenvalue weighted by Crippen LogP contribution is -2.56. The number of aromatic nitrogens is 3. The van der Waals surface area contributed by atoms with Crippen molar-refractivity contribution in [3.63, 3.8) is 0 Å². The highest BCUT2D eigenvalue weighted by Crippen LogP contribution is 2.69. The molecule has 2 bridgehead atoms. The van der Waals surface area contributed by atoms with Crippen LogP contribution in [0.4, 0.5) is 0 Å². The Morgan fingerprint density at radius 1 is 1.15 bits per heavy atom. The summed E-state index contributed by atoms with van der Waals surface area (Å²) in [7, 11) is 0. The lowest BCUT2D eigenvalue weighted by Gasteiger charge is -2.40. The van der Waals surface area contributed by atoms with E-state index in [-0.39, 0.29) is 5.41 Å². The normalized spacial score (nSPS) is 34.0. The van der Waals surface area contributed by atoms with Gasteiger partial charge in [0.2, 0.25) is 6.33 Å². The number of aryl methyl sites for hydroxylation is 3. The molecule has 0 spiro atoms. The number of fused-ring (bicyclic) bond motifs is 7. The average Bonchev–Trinajstić information content (AvgIpc) is 3.11. The van der Waals surface area contributed by atoms with Crippen LogP contribution in [0.25, 0.3) is 5.69 Å². The van der Waals surface area contributed by atoms with Crippen molar-refractivity contribution < 1.29 is 9.30 Å². The van der Waals surface area contributed by atoms with E-state index >= 15 is 0 Å². The lowest BCUT2D eigenvalue weighted by atomic mass is 9.70. The predicted molar refractivity (Wildman–Crippen MR) is 100 cm³/mol. The van der Waals surface area contributed by atoms with E-state index in [1.54, 1.807) is 0 Å². The summed E-state index contributed by atoms with van der Waals surface area (Å²) < 4.78 is 11.0. The minimum absolute atomic E-state index is 0.269. The molecule has 4 atom stereocenters. The van der Waals surface area contributed by atoms with E-state index in [0.29, 0.717) is 30.1 Å². The minimum atomic E-state index is 0.269. The SMILES string of the molecule is Cc1cc(C)c(-n2c[n+]3c(n2)CO[C@H]2[C@@H]3[C@H]3CC[C@]2(C)C3(C)C)c(C)c1. The molecule has 0 unspecified atom stereocenters. The molecule has 2 aromatic rings. The van der Waals surface area contributed by atoms with E-state index in [1.165, 1.54) is 35.2 Å². The second kappa shape index (κ2) is 4.98. The van der Waals surface area contributed by atoms with Crippen molar-refractivity contribution in [2.45, 2.75) is 73.1 Å². The first kappa shape index (κ1) is 16.5. The first-order valence-electron chi connectivity index (χ1n) is 9.93. The Hall–Kier alpha value is -1.68. The summed E-state index contributed by atoms with van der Waals surface area (Å²) in [5, 5.41) is 4.94. The van der Waals surface area contributed by atoms with Crippen LogP contribution in [0.5, 0.6) is 0 Å². The van der Waals surface area contributed by atoms with Gasteiger partial charge in [-0.2, -0.15) is 0 Å². The van der Waals surface area contributed by atoms with Crippen molar-refractivity contribution in [1.29, 1.82) is 0 Å². The Morgan fingerprint density at radius 2 is 1.85 bits per heavy atom. The minimum Gasteiger partial charge on any atom is -0.363 e. The Bertz CT molecular complexity index is 889. The third-order valence-corrected chi connectivity index (χ3v) is 8.06. The number of rotatable bonds is 1. The van der Waals surface area contributed by atoms with Crippen LogP contribution >= 0.6 is 0 Å². The summed E-state index contributed by atoms with van der Waals surface area (Å²) >= 11 is 0. The highest BCUT2D eigenvalue weighted by atomic mass is 16.5. The topological polar surface area (TPSA) is 30.9 Å². The number of benzene rings is 1. The number of ether oxygens (including phenoxy) is 1. The fraction of sp³-hybridized carbons (Fsp3) is 0.636. The van der Waals surface area contributed by atoms with Crippen LogP contribution in [0.1, 0.15) is 62.2 Å². The van der Waals surface area contributed by atoms with Gasteiger partial charge >= 0.3 is 5.82 Å². The van der Waals surface area contributed by atoms with E-state index in [2.05, 4.69) is 69.3 Å². The summed E-state index contributed by atoms with van der Waals surface area (Å²) in [5.74, 6) is 1.73. The summed E-state index contributed by atoms with van der Waals surface area (Å²) in [4.78, 5) is 0. The van der Waals surface area contributed by atoms with E-state index in [9.17, 15) is 0 Å². The Balaban J connectivity index is 1.63. The highest BCUT2D eigenvalue weighted by Gasteiger charge is 2.70.